The van der Waals surface area contributed by atoms with E-state index in [1.165, 1.54) is 44.9 Å². The van der Waals surface area contributed by atoms with E-state index in [0.717, 1.165) is 16.5 Å². The SMILES string of the molecule is Cc1ccccc1-c1c2c(pc3cc(N)sc13)CC(=N)S2. The Bertz CT molecular complexity index is 899. The smallest absolute Gasteiger partial charge is 0.0872 e. The van der Waals surface area contributed by atoms with Crippen LogP contribution in [0.4, 0.5) is 5.00 Å². The monoisotopic (exact) mass is 328 g/mol. The summed E-state index contributed by atoms with van der Waals surface area (Å²) < 4.78 is 1.28. The van der Waals surface area contributed by atoms with Crippen molar-refractivity contribution in [1.29, 1.82) is 5.41 Å². The number of nitrogens with two attached hydrogens (primary N) is 1. The van der Waals surface area contributed by atoms with E-state index in [2.05, 4.69) is 37.3 Å². The number of nitrogens with one attached hydrogen (secondary N) is 1. The Kier molecular flexibility index (Phi) is 3.07. The van der Waals surface area contributed by atoms with Gasteiger partial charge in [-0.05, 0) is 24.1 Å². The van der Waals surface area contributed by atoms with Crippen molar-refractivity contribution in [2.24, 2.45) is 0 Å². The quantitative estimate of drug-likeness (QED) is 0.605. The molecule has 0 aliphatic carbocycles. The van der Waals surface area contributed by atoms with Crippen LogP contribution in [0.15, 0.2) is 35.2 Å². The molecule has 0 radical (unpaired) electrons. The van der Waals surface area contributed by atoms with Crippen LogP contribution in [0.2, 0.25) is 0 Å². The summed E-state index contributed by atoms with van der Waals surface area (Å²) in [5.41, 5.74) is 9.87. The van der Waals surface area contributed by atoms with E-state index in [-0.39, 0.29) is 0 Å². The van der Waals surface area contributed by atoms with Crippen molar-refractivity contribution in [2.75, 3.05) is 5.73 Å². The summed E-state index contributed by atoms with van der Waals surface area (Å²) in [6.45, 7) is 2.15. The average molecular weight is 328 g/mol. The summed E-state index contributed by atoms with van der Waals surface area (Å²) in [7, 11) is 1.23. The lowest BCUT2D eigenvalue weighted by Gasteiger charge is -2.11. The Morgan fingerprint density at radius 1 is 1.29 bits per heavy atom. The third kappa shape index (κ3) is 2.10. The van der Waals surface area contributed by atoms with Gasteiger partial charge in [0.2, 0.25) is 0 Å². The number of thioether (sulfide) groups is 1. The molecule has 0 saturated carbocycles. The first-order valence-electron chi connectivity index (χ1n) is 6.66. The minimum absolute atomic E-state index is 0.752. The van der Waals surface area contributed by atoms with E-state index in [1.807, 2.05) is 0 Å². The van der Waals surface area contributed by atoms with Gasteiger partial charge in [0.1, 0.15) is 0 Å². The highest BCUT2D eigenvalue weighted by molar-refractivity contribution is 8.14. The predicted octanol–water partition coefficient (Wildman–Crippen LogP) is 5.66. The number of hydrogen-bond acceptors (Lipinski definition) is 4. The van der Waals surface area contributed by atoms with Crippen molar-refractivity contribution < 1.29 is 0 Å². The molecule has 0 bridgehead atoms. The molecule has 0 spiro atoms. The van der Waals surface area contributed by atoms with Crippen molar-refractivity contribution in [2.45, 2.75) is 18.2 Å². The molecule has 104 valence electrons. The van der Waals surface area contributed by atoms with Gasteiger partial charge in [-0.2, -0.15) is 0 Å². The highest BCUT2D eigenvalue weighted by atomic mass is 32.2. The normalized spacial score (nSPS) is 14.2. The van der Waals surface area contributed by atoms with Crippen LogP contribution in [0.25, 0.3) is 20.9 Å². The number of nitrogen functional groups attached to an aromatic ring is 1. The molecule has 1 aliphatic heterocycles. The molecule has 3 heterocycles. The fourth-order valence-corrected chi connectivity index (χ4v) is 6.57. The van der Waals surface area contributed by atoms with Gasteiger partial charge < -0.3 is 5.73 Å². The van der Waals surface area contributed by atoms with Crippen LogP contribution in [0.5, 0.6) is 0 Å². The molecule has 1 aliphatic rings. The van der Waals surface area contributed by atoms with E-state index >= 15 is 0 Å². The van der Waals surface area contributed by atoms with Gasteiger partial charge in [-0.25, -0.2) is 0 Å². The molecule has 21 heavy (non-hydrogen) atoms. The fraction of sp³-hybridized carbons (Fsp3) is 0.125. The third-order valence-corrected chi connectivity index (χ3v) is 7.25. The van der Waals surface area contributed by atoms with Gasteiger partial charge in [0.05, 0.1) is 14.7 Å². The maximum atomic E-state index is 8.03. The molecule has 0 amide bonds. The minimum atomic E-state index is 0.752. The first-order valence-corrected chi connectivity index (χ1v) is 9.19. The largest absolute Gasteiger partial charge is 0.391 e. The number of anilines is 1. The van der Waals surface area contributed by atoms with Crippen molar-refractivity contribution in [3.63, 3.8) is 0 Å². The lowest BCUT2D eigenvalue weighted by Crippen LogP contribution is -1.86. The van der Waals surface area contributed by atoms with E-state index in [0.29, 0.717) is 0 Å². The summed E-state index contributed by atoms with van der Waals surface area (Å²) in [5.74, 6) is 0. The van der Waals surface area contributed by atoms with Gasteiger partial charge >= 0.3 is 0 Å². The number of benzene rings is 1. The highest BCUT2D eigenvalue weighted by Crippen LogP contribution is 2.52. The Morgan fingerprint density at radius 2 is 2.10 bits per heavy atom. The lowest BCUT2D eigenvalue weighted by molar-refractivity contribution is 1.33. The highest BCUT2D eigenvalue weighted by Gasteiger charge is 2.25. The first kappa shape index (κ1) is 13.3. The van der Waals surface area contributed by atoms with Crippen LogP contribution in [-0.4, -0.2) is 5.04 Å². The van der Waals surface area contributed by atoms with Gasteiger partial charge in [-0.3, -0.25) is 5.41 Å². The molecule has 0 fully saturated rings. The molecule has 3 aromatic rings. The maximum Gasteiger partial charge on any atom is 0.0872 e. The number of hydrogen-bond donors (Lipinski definition) is 2. The van der Waals surface area contributed by atoms with Crippen LogP contribution < -0.4 is 5.73 Å². The minimum Gasteiger partial charge on any atom is -0.391 e. The topological polar surface area (TPSA) is 49.9 Å². The molecule has 4 rings (SSSR count). The molecule has 2 aromatic heterocycles. The van der Waals surface area contributed by atoms with Crippen LogP contribution in [0.3, 0.4) is 0 Å². The first-order chi connectivity index (χ1) is 10.1. The molecular weight excluding hydrogens is 315 g/mol. The van der Waals surface area contributed by atoms with E-state index < -0.39 is 0 Å². The van der Waals surface area contributed by atoms with Gasteiger partial charge in [0.25, 0.3) is 0 Å². The standard InChI is InChI=1S/C16H13N2PS2/c1-8-4-2-3-5-9(8)14-15-10(6-12(17)20-15)19-11-7-13(18)21-16(11)14/h2-6,18H,7,17H2,1H3. The van der Waals surface area contributed by atoms with Crippen molar-refractivity contribution in [1.82, 2.24) is 0 Å². The van der Waals surface area contributed by atoms with Gasteiger partial charge in [0.15, 0.2) is 0 Å². The van der Waals surface area contributed by atoms with E-state index in [1.54, 1.807) is 23.1 Å². The Balaban J connectivity index is 2.13. The van der Waals surface area contributed by atoms with Crippen molar-refractivity contribution in [3.8, 4) is 11.1 Å². The molecule has 1 aromatic carbocycles. The Morgan fingerprint density at radius 3 is 2.90 bits per heavy atom. The maximum absolute atomic E-state index is 8.03. The zero-order valence-electron chi connectivity index (χ0n) is 11.4. The second-order valence-corrected chi connectivity index (χ2v) is 8.58. The number of fused-ring (bicyclic) bond motifs is 2. The van der Waals surface area contributed by atoms with Crippen molar-refractivity contribution >= 4 is 51.2 Å². The predicted molar refractivity (Wildman–Crippen MR) is 96.2 cm³/mol. The van der Waals surface area contributed by atoms with Crippen LogP contribution >= 0.6 is 31.3 Å². The van der Waals surface area contributed by atoms with Gasteiger partial charge in [-0.1, -0.05) is 44.2 Å². The molecule has 0 saturated heterocycles. The molecular formula is C16H13N2PS2. The van der Waals surface area contributed by atoms with Crippen LogP contribution in [0, 0.1) is 12.3 Å². The van der Waals surface area contributed by atoms with Crippen LogP contribution in [0.1, 0.15) is 10.9 Å². The number of aryl methyl sites for hydroxylation is 1. The zero-order valence-corrected chi connectivity index (χ0v) is 14.0. The summed E-state index contributed by atoms with van der Waals surface area (Å²) >= 11 is 3.29. The molecule has 3 N–H and O–H groups in total. The average Bonchev–Trinajstić information content (AvgIpc) is 2.97. The molecule has 0 unspecified atom stereocenters. The summed E-state index contributed by atoms with van der Waals surface area (Å²) in [5, 5.41) is 12.3. The third-order valence-electron chi connectivity index (χ3n) is 3.67. The summed E-state index contributed by atoms with van der Waals surface area (Å²) in [4.78, 5) is 1.28. The molecule has 5 heteroatoms. The molecule has 2 nitrogen and oxygen atoms in total. The second-order valence-electron chi connectivity index (χ2n) is 5.14. The fourth-order valence-electron chi connectivity index (χ4n) is 2.74. The zero-order chi connectivity index (χ0) is 14.6. The number of thiophene rings is 1. The molecule has 0 atom stereocenters. The van der Waals surface area contributed by atoms with Gasteiger partial charge in [-0.15, -0.1) is 11.3 Å². The Hall–Kier alpha value is -1.35. The lowest BCUT2D eigenvalue weighted by atomic mass is 10.0. The van der Waals surface area contributed by atoms with Gasteiger partial charge in [0, 0.05) is 27.3 Å². The van der Waals surface area contributed by atoms with E-state index in [9.17, 15) is 0 Å². The summed E-state index contributed by atoms with van der Waals surface area (Å²) in [6, 6.07) is 10.6. The number of rotatable bonds is 1. The van der Waals surface area contributed by atoms with E-state index in [4.69, 9.17) is 11.1 Å². The second kappa shape index (κ2) is 4.84. The Labute approximate surface area is 133 Å². The summed E-state index contributed by atoms with van der Waals surface area (Å²) in [6.07, 6.45) is 0.784. The van der Waals surface area contributed by atoms with Crippen molar-refractivity contribution in [3.05, 3.63) is 41.2 Å². The van der Waals surface area contributed by atoms with Crippen LogP contribution in [-0.2, 0) is 6.42 Å².